The maximum absolute atomic E-state index is 16.4. The van der Waals surface area contributed by atoms with Crippen LogP contribution in [0.5, 0.6) is 5.75 Å². The number of hydrogen-bond donors (Lipinski definition) is 5. The second kappa shape index (κ2) is 18.7. The zero-order chi connectivity index (χ0) is 43.3. The number of carbonyl (C=O) groups excluding carboxylic acids is 3. The van der Waals surface area contributed by atoms with Crippen molar-refractivity contribution in [3.8, 4) is 5.75 Å². The topological polar surface area (TPSA) is 189 Å². The number of para-hydroxylation sites is 1. The van der Waals surface area contributed by atoms with Crippen LogP contribution in [0.15, 0.2) is 90.5 Å². The highest BCUT2D eigenvalue weighted by atomic mass is 19.1. The van der Waals surface area contributed by atoms with E-state index in [0.29, 0.717) is 68.4 Å². The van der Waals surface area contributed by atoms with Crippen molar-refractivity contribution in [1.29, 1.82) is 0 Å². The average molecular weight is 836 g/mol. The van der Waals surface area contributed by atoms with Crippen molar-refractivity contribution in [1.82, 2.24) is 24.6 Å². The molecule has 3 amide bonds. The smallest absolute Gasteiger partial charge is 0.321 e. The van der Waals surface area contributed by atoms with E-state index in [-0.39, 0.29) is 54.9 Å². The lowest BCUT2D eigenvalue weighted by Gasteiger charge is -2.41. The number of allylic oxidation sites excluding steroid dienone is 1. The van der Waals surface area contributed by atoms with E-state index in [0.717, 1.165) is 59.9 Å². The molecule has 8 N–H and O–H groups in total. The molecule has 3 aromatic carbocycles. The lowest BCUT2D eigenvalue weighted by atomic mass is 9.91. The Hall–Kier alpha value is -6.06. The van der Waals surface area contributed by atoms with Crippen molar-refractivity contribution in [2.24, 2.45) is 17.2 Å². The first-order valence-corrected chi connectivity index (χ1v) is 21.1. The standard InChI is InChI=1S/C46H58FN9O5/c1-31-28-56(39-13-12-35(26-37(31)39)55(18-5-24-57)45(60)51-2)34-14-19-52(20-15-34)30-46(47)16-21-53(22-17-46)44(59)33-10-8-32(9-11-33)42-29-54(23-25-61-42)40(43(49)50)27-38(48)36-6-3-4-7-41(36)58/h3-4,6-13,24,26-28,34,42,58H,5,14-23,25,29-30,48-50H2,1-2H3,(H,51,60)/b38-27-. The molecule has 14 nitrogen and oxygen atoms in total. The van der Waals surface area contributed by atoms with E-state index in [2.05, 4.69) is 27.9 Å². The number of fused-ring (bicyclic) bond motifs is 1. The monoisotopic (exact) mass is 835 g/mol. The Bertz CT molecular complexity index is 2270. The van der Waals surface area contributed by atoms with Crippen LogP contribution in [-0.4, -0.2) is 114 Å². The van der Waals surface area contributed by atoms with Crippen LogP contribution in [0.2, 0.25) is 0 Å². The van der Waals surface area contributed by atoms with E-state index in [4.69, 9.17) is 21.9 Å². The minimum Gasteiger partial charge on any atom is -0.507 e. The fraction of sp³-hybridized carbons (Fsp3) is 0.413. The molecule has 7 rings (SSSR count). The number of phenolic OH excluding ortho intramolecular Hbond substituents is 1. The number of halogens is 1. The van der Waals surface area contributed by atoms with Gasteiger partial charge < -0.3 is 56.4 Å². The highest BCUT2D eigenvalue weighted by Crippen LogP contribution is 2.35. The molecule has 0 bridgehead atoms. The summed E-state index contributed by atoms with van der Waals surface area (Å²) in [4.78, 5) is 44.8. The number of amides is 3. The van der Waals surface area contributed by atoms with Gasteiger partial charge in [-0.2, -0.15) is 0 Å². The second-order valence-electron chi connectivity index (χ2n) is 16.4. The normalized spacial score (nSPS) is 18.8. The molecular weight excluding hydrogens is 778 g/mol. The first-order valence-electron chi connectivity index (χ1n) is 21.1. The maximum Gasteiger partial charge on any atom is 0.321 e. The Labute approximate surface area is 356 Å². The number of aryl methyl sites for hydroxylation is 1. The first-order chi connectivity index (χ1) is 29.4. The van der Waals surface area contributed by atoms with Crippen LogP contribution in [0.4, 0.5) is 14.9 Å². The zero-order valence-corrected chi connectivity index (χ0v) is 35.1. The number of nitrogens with one attached hydrogen (secondary N) is 1. The number of morpholine rings is 1. The van der Waals surface area contributed by atoms with E-state index in [9.17, 15) is 19.5 Å². The number of urea groups is 1. The molecule has 3 fully saturated rings. The number of rotatable bonds is 12. The van der Waals surface area contributed by atoms with Gasteiger partial charge >= 0.3 is 6.03 Å². The Balaban J connectivity index is 0.906. The largest absolute Gasteiger partial charge is 0.507 e. The fourth-order valence-electron chi connectivity index (χ4n) is 8.97. The van der Waals surface area contributed by atoms with Crippen LogP contribution in [0.1, 0.15) is 71.3 Å². The molecule has 0 spiro atoms. The van der Waals surface area contributed by atoms with Crippen molar-refractivity contribution in [3.63, 3.8) is 0 Å². The number of piperidine rings is 2. The van der Waals surface area contributed by atoms with Crippen LogP contribution >= 0.6 is 0 Å². The summed E-state index contributed by atoms with van der Waals surface area (Å²) in [5.74, 6) is 0.0358. The van der Waals surface area contributed by atoms with Crippen LogP contribution in [0, 0.1) is 6.92 Å². The summed E-state index contributed by atoms with van der Waals surface area (Å²) in [5.41, 5.74) is 22.9. The van der Waals surface area contributed by atoms with Crippen molar-refractivity contribution < 1.29 is 28.6 Å². The van der Waals surface area contributed by atoms with Crippen molar-refractivity contribution >= 4 is 40.5 Å². The van der Waals surface area contributed by atoms with Gasteiger partial charge in [-0.3, -0.25) is 9.69 Å². The molecule has 3 aliphatic heterocycles. The summed E-state index contributed by atoms with van der Waals surface area (Å²) in [6, 6.07) is 20.2. The number of aldehydes is 1. The fourth-order valence-corrected chi connectivity index (χ4v) is 8.97. The van der Waals surface area contributed by atoms with Gasteiger partial charge in [0.1, 0.15) is 29.6 Å². The third-order valence-corrected chi connectivity index (χ3v) is 12.4. The molecular formula is C46H58FN9O5. The number of nitrogens with zero attached hydrogens (tertiary/aromatic N) is 5. The van der Waals surface area contributed by atoms with Gasteiger partial charge in [0.2, 0.25) is 0 Å². The highest BCUT2D eigenvalue weighted by molar-refractivity contribution is 5.96. The number of phenols is 1. The Morgan fingerprint density at radius 1 is 0.984 bits per heavy atom. The van der Waals surface area contributed by atoms with Crippen LogP contribution in [-0.2, 0) is 9.53 Å². The van der Waals surface area contributed by atoms with Crippen LogP contribution in [0.3, 0.4) is 0 Å². The number of aromatic hydroxyl groups is 1. The van der Waals surface area contributed by atoms with Crippen molar-refractivity contribution in [2.75, 3.05) is 70.9 Å². The van der Waals surface area contributed by atoms with Gasteiger partial charge in [0, 0.05) is 124 Å². The first kappa shape index (κ1) is 43.0. The molecule has 3 aliphatic rings. The van der Waals surface area contributed by atoms with Crippen LogP contribution in [0.25, 0.3) is 16.6 Å². The molecule has 1 atom stereocenters. The number of hydrogen-bond acceptors (Lipinski definition) is 10. The molecule has 324 valence electrons. The third kappa shape index (κ3) is 9.63. The maximum atomic E-state index is 16.4. The predicted octanol–water partition coefficient (Wildman–Crippen LogP) is 5.13. The number of anilines is 1. The second-order valence-corrected chi connectivity index (χ2v) is 16.4. The number of nitrogens with two attached hydrogens (primary N) is 3. The Kier molecular flexibility index (Phi) is 13.2. The van der Waals surface area contributed by atoms with Gasteiger partial charge in [0.05, 0.1) is 12.3 Å². The van der Waals surface area contributed by atoms with Gasteiger partial charge in [-0.25, -0.2) is 9.18 Å². The third-order valence-electron chi connectivity index (χ3n) is 12.4. The molecule has 4 aromatic rings. The predicted molar refractivity (Wildman–Crippen MR) is 235 cm³/mol. The van der Waals surface area contributed by atoms with Gasteiger partial charge in [-0.1, -0.05) is 24.3 Å². The van der Waals surface area contributed by atoms with Gasteiger partial charge in [0.25, 0.3) is 5.91 Å². The number of ether oxygens (including phenoxy) is 1. The number of alkyl halides is 1. The molecule has 1 aromatic heterocycles. The molecule has 1 unspecified atom stereocenters. The van der Waals surface area contributed by atoms with E-state index in [1.807, 2.05) is 35.2 Å². The molecule has 0 saturated carbocycles. The Morgan fingerprint density at radius 3 is 2.38 bits per heavy atom. The lowest BCUT2D eigenvalue weighted by Crippen LogP contribution is -2.51. The van der Waals surface area contributed by atoms with E-state index in [1.165, 1.54) is 0 Å². The van der Waals surface area contributed by atoms with Crippen molar-refractivity contribution in [2.45, 2.75) is 56.8 Å². The van der Waals surface area contributed by atoms with Gasteiger partial charge in [-0.05, 0) is 79.4 Å². The number of aromatic nitrogens is 1. The lowest BCUT2D eigenvalue weighted by molar-refractivity contribution is -0.107. The van der Waals surface area contributed by atoms with Crippen LogP contribution < -0.4 is 27.4 Å². The summed E-state index contributed by atoms with van der Waals surface area (Å²) in [5, 5.41) is 14.0. The molecule has 15 heteroatoms. The van der Waals surface area contributed by atoms with Gasteiger partial charge in [-0.15, -0.1) is 0 Å². The van der Waals surface area contributed by atoms with Crippen molar-refractivity contribution in [3.05, 3.63) is 113 Å². The quantitative estimate of drug-likeness (QED) is 0.0946. The summed E-state index contributed by atoms with van der Waals surface area (Å²) >= 11 is 0. The molecule has 4 heterocycles. The number of benzene rings is 3. The average Bonchev–Trinajstić information content (AvgIpc) is 3.60. The number of carbonyl (C=O) groups is 3. The van der Waals surface area contributed by atoms with E-state index < -0.39 is 5.67 Å². The minimum atomic E-state index is -1.37. The van der Waals surface area contributed by atoms with Gasteiger partial charge in [0.15, 0.2) is 0 Å². The van der Waals surface area contributed by atoms with E-state index in [1.54, 1.807) is 59.3 Å². The minimum absolute atomic E-state index is 0.0554. The SMILES string of the molecule is CNC(=O)N(CCC=O)c1ccc2c(c1)c(C)cn2C1CCN(CC2(F)CCN(C(=O)c3ccc(C4CN(C(/C=C(\N)c5ccccc5O)=C(N)N)CCO4)cc3)CC2)CC1. The summed E-state index contributed by atoms with van der Waals surface area (Å²) in [6.45, 7) is 6.38. The summed E-state index contributed by atoms with van der Waals surface area (Å²) in [7, 11) is 1.58. The van der Waals surface area contributed by atoms with E-state index >= 15 is 4.39 Å². The molecule has 0 radical (unpaired) electrons. The summed E-state index contributed by atoms with van der Waals surface area (Å²) < 4.78 is 24.8. The molecule has 0 aliphatic carbocycles. The highest BCUT2D eigenvalue weighted by Gasteiger charge is 2.39. The molecule has 3 saturated heterocycles. The Morgan fingerprint density at radius 2 is 1.70 bits per heavy atom. The zero-order valence-electron chi connectivity index (χ0n) is 35.1. The summed E-state index contributed by atoms with van der Waals surface area (Å²) in [6.07, 6.45) is 6.94. The molecule has 61 heavy (non-hydrogen) atoms. The number of likely N-dealkylation sites (tertiary alicyclic amines) is 2.